The van der Waals surface area contributed by atoms with Gasteiger partial charge in [-0.3, -0.25) is 14.6 Å². The molecule has 0 aromatic heterocycles. The molecule has 2 atom stereocenters. The van der Waals surface area contributed by atoms with E-state index in [0.29, 0.717) is 5.69 Å². The summed E-state index contributed by atoms with van der Waals surface area (Å²) in [5.41, 5.74) is 4.90. The Bertz CT molecular complexity index is 2130. The first-order chi connectivity index (χ1) is 21.2. The number of rotatable bonds is 3. The third kappa shape index (κ3) is 3.18. The maximum absolute atomic E-state index is 14.8. The van der Waals surface area contributed by atoms with Crippen LogP contribution in [0.1, 0.15) is 28.2 Å². The highest BCUT2D eigenvalue weighted by atomic mass is 16.2. The van der Waals surface area contributed by atoms with E-state index < -0.39 is 17.3 Å². The number of fused-ring (bicyclic) bond motifs is 2. The summed E-state index contributed by atoms with van der Waals surface area (Å²) in [7, 11) is 0. The molecular formula is C39H26N2O2. The smallest absolute Gasteiger partial charge is 0.239 e. The minimum atomic E-state index is -0.898. The quantitative estimate of drug-likeness (QED) is 0.165. The second-order valence-corrected chi connectivity index (χ2v) is 11.8. The van der Waals surface area contributed by atoms with Crippen molar-refractivity contribution >= 4 is 50.9 Å². The van der Waals surface area contributed by atoms with E-state index in [0.717, 1.165) is 49.5 Å². The highest BCUT2D eigenvalue weighted by Gasteiger charge is 2.68. The molecule has 0 spiro atoms. The van der Waals surface area contributed by atoms with Gasteiger partial charge < -0.3 is 0 Å². The van der Waals surface area contributed by atoms with Gasteiger partial charge in [0.1, 0.15) is 0 Å². The number of aliphatic imine (C=N–C) groups is 1. The van der Waals surface area contributed by atoms with E-state index in [2.05, 4.69) is 48.5 Å². The first-order valence-corrected chi connectivity index (χ1v) is 14.8. The first-order valence-electron chi connectivity index (χ1n) is 14.8. The summed E-state index contributed by atoms with van der Waals surface area (Å²) >= 11 is 0. The Hall–Kier alpha value is -5.35. The minimum Gasteiger partial charge on any atom is -0.274 e. The summed E-state index contributed by atoms with van der Waals surface area (Å²) in [6, 6.07) is 44.8. The zero-order valence-corrected chi connectivity index (χ0v) is 23.2. The molecule has 204 valence electrons. The Labute approximate surface area is 248 Å². The molecule has 1 heterocycles. The predicted molar refractivity (Wildman–Crippen MR) is 171 cm³/mol. The molecule has 1 fully saturated rings. The molecule has 3 aliphatic carbocycles. The highest BCUT2D eigenvalue weighted by molar-refractivity contribution is 6.27. The van der Waals surface area contributed by atoms with Gasteiger partial charge in [-0.05, 0) is 56.6 Å². The topological polar surface area (TPSA) is 49.7 Å². The van der Waals surface area contributed by atoms with Crippen molar-refractivity contribution in [3.63, 3.8) is 0 Å². The van der Waals surface area contributed by atoms with E-state index in [1.807, 2.05) is 91.1 Å². The van der Waals surface area contributed by atoms with Crippen LogP contribution in [0.25, 0.3) is 21.5 Å². The van der Waals surface area contributed by atoms with Crippen LogP contribution >= 0.6 is 0 Å². The third-order valence-electron chi connectivity index (χ3n) is 9.84. The van der Waals surface area contributed by atoms with E-state index in [1.165, 1.54) is 4.90 Å². The van der Waals surface area contributed by atoms with Crippen LogP contribution in [0.4, 0.5) is 11.4 Å². The first kappa shape index (κ1) is 24.3. The molecule has 4 nitrogen and oxygen atoms in total. The van der Waals surface area contributed by atoms with Crippen LogP contribution in [0.2, 0.25) is 0 Å². The standard InChI is InChI=1S/C39H26N2O2/c42-37-35-34-29-15-5-7-17-31(29)39(32-18-8-6-16-30(32)34,23-40-27-21-20-24-10-1-2-12-26(24)22-27)36(35)38(43)41(37)33-19-9-13-25-11-3-4-14-28(25)33/h1-23,34-36H/t34?,35-,36+,39?/m1/s1. The van der Waals surface area contributed by atoms with E-state index in [9.17, 15) is 9.59 Å². The minimum absolute atomic E-state index is 0.135. The van der Waals surface area contributed by atoms with Crippen molar-refractivity contribution in [1.82, 2.24) is 0 Å². The largest absolute Gasteiger partial charge is 0.274 e. The van der Waals surface area contributed by atoms with Crippen LogP contribution < -0.4 is 4.90 Å². The average Bonchev–Trinajstić information content (AvgIpc) is 3.33. The number of anilines is 1. The fourth-order valence-corrected chi connectivity index (χ4v) is 8.12. The van der Waals surface area contributed by atoms with Gasteiger partial charge in [0.05, 0.1) is 28.6 Å². The van der Waals surface area contributed by atoms with Gasteiger partial charge in [-0.25, -0.2) is 4.90 Å². The summed E-state index contributed by atoms with van der Waals surface area (Å²) in [6.45, 7) is 0. The Morgan fingerprint density at radius 3 is 2.00 bits per heavy atom. The molecular weight excluding hydrogens is 528 g/mol. The van der Waals surface area contributed by atoms with Gasteiger partial charge in [0, 0.05) is 17.5 Å². The van der Waals surface area contributed by atoms with Crippen LogP contribution in [-0.2, 0) is 15.0 Å². The van der Waals surface area contributed by atoms with E-state index >= 15 is 0 Å². The highest BCUT2D eigenvalue weighted by Crippen LogP contribution is 2.64. The lowest BCUT2D eigenvalue weighted by Gasteiger charge is -2.52. The number of carbonyl (C=O) groups excluding carboxylic acids is 2. The van der Waals surface area contributed by atoms with Crippen LogP contribution in [0, 0.1) is 11.8 Å². The molecule has 4 aliphatic rings. The molecule has 0 N–H and O–H groups in total. The van der Waals surface area contributed by atoms with Crippen LogP contribution in [0.15, 0.2) is 138 Å². The molecule has 4 heteroatoms. The van der Waals surface area contributed by atoms with Crippen molar-refractivity contribution in [2.24, 2.45) is 16.8 Å². The Kier molecular flexibility index (Phi) is 4.98. The number of benzene rings is 6. The lowest BCUT2D eigenvalue weighted by atomic mass is 9.47. The Morgan fingerprint density at radius 2 is 1.23 bits per heavy atom. The molecule has 0 unspecified atom stereocenters. The van der Waals surface area contributed by atoms with Gasteiger partial charge in [0.2, 0.25) is 11.8 Å². The van der Waals surface area contributed by atoms with Crippen molar-refractivity contribution in [2.45, 2.75) is 11.3 Å². The fourth-order valence-electron chi connectivity index (χ4n) is 8.12. The molecule has 10 rings (SSSR count). The monoisotopic (exact) mass is 554 g/mol. The lowest BCUT2D eigenvalue weighted by molar-refractivity contribution is -0.122. The number of carbonyl (C=O) groups is 2. The second kappa shape index (κ2) is 8.83. The number of hydrogen-bond acceptors (Lipinski definition) is 3. The second-order valence-electron chi connectivity index (χ2n) is 11.8. The van der Waals surface area contributed by atoms with Gasteiger partial charge >= 0.3 is 0 Å². The van der Waals surface area contributed by atoms with Crippen molar-refractivity contribution < 1.29 is 9.59 Å². The number of imide groups is 1. The molecule has 0 radical (unpaired) electrons. The summed E-state index contributed by atoms with van der Waals surface area (Å²) in [4.78, 5) is 36.0. The van der Waals surface area contributed by atoms with Gasteiger partial charge in [-0.2, -0.15) is 0 Å². The van der Waals surface area contributed by atoms with Crippen molar-refractivity contribution in [2.75, 3.05) is 4.90 Å². The molecule has 1 aliphatic heterocycles. The van der Waals surface area contributed by atoms with E-state index in [4.69, 9.17) is 4.99 Å². The summed E-state index contributed by atoms with van der Waals surface area (Å²) in [6.07, 6.45) is 1.97. The Morgan fingerprint density at radius 1 is 0.605 bits per heavy atom. The zero-order chi connectivity index (χ0) is 28.7. The molecule has 1 saturated heterocycles. The number of hydrogen-bond donors (Lipinski definition) is 0. The molecule has 6 aromatic rings. The molecule has 0 saturated carbocycles. The summed E-state index contributed by atoms with van der Waals surface area (Å²) in [5, 5.41) is 4.15. The van der Waals surface area contributed by atoms with Crippen LogP contribution in [0.3, 0.4) is 0 Å². The SMILES string of the molecule is O=C1[C@@H]2C3c4ccccc4C(C=Nc4ccc5ccccc5c4)(c4ccccc43)[C@@H]2C(=O)N1c1cccc2ccccc12. The molecule has 2 bridgehead atoms. The fraction of sp³-hybridized carbons (Fsp3) is 0.103. The predicted octanol–water partition coefficient (Wildman–Crippen LogP) is 7.95. The van der Waals surface area contributed by atoms with Gasteiger partial charge in [-0.1, -0.05) is 115 Å². The van der Waals surface area contributed by atoms with Crippen molar-refractivity contribution in [1.29, 1.82) is 0 Å². The summed E-state index contributed by atoms with van der Waals surface area (Å²) in [5.74, 6) is -1.64. The van der Waals surface area contributed by atoms with Gasteiger partial charge in [0.15, 0.2) is 0 Å². The van der Waals surface area contributed by atoms with E-state index in [1.54, 1.807) is 0 Å². The van der Waals surface area contributed by atoms with Crippen LogP contribution in [0.5, 0.6) is 0 Å². The molecule has 43 heavy (non-hydrogen) atoms. The molecule has 6 aromatic carbocycles. The van der Waals surface area contributed by atoms with Gasteiger partial charge in [0.25, 0.3) is 0 Å². The number of nitrogens with zero attached hydrogens (tertiary/aromatic N) is 2. The molecule has 2 amide bonds. The van der Waals surface area contributed by atoms with Crippen LogP contribution in [-0.4, -0.2) is 18.0 Å². The normalized spacial score (nSPS) is 23.6. The van der Waals surface area contributed by atoms with E-state index in [-0.39, 0.29) is 17.7 Å². The lowest BCUT2D eigenvalue weighted by Crippen LogP contribution is -2.54. The zero-order valence-electron chi connectivity index (χ0n) is 23.2. The third-order valence-corrected chi connectivity index (χ3v) is 9.84. The maximum Gasteiger partial charge on any atom is 0.239 e. The summed E-state index contributed by atoms with van der Waals surface area (Å²) < 4.78 is 0. The van der Waals surface area contributed by atoms with Crippen molar-refractivity contribution in [3.05, 3.63) is 156 Å². The number of amides is 2. The van der Waals surface area contributed by atoms with Crippen molar-refractivity contribution in [3.8, 4) is 0 Å². The Balaban J connectivity index is 1.30. The average molecular weight is 555 g/mol. The maximum atomic E-state index is 14.8. The van der Waals surface area contributed by atoms with Gasteiger partial charge in [-0.15, -0.1) is 0 Å².